The molecule has 2 aromatic heterocycles. The standard InChI is InChI=1S/C17H16N4S/c1-12-11-22-17(21-12)14(8-18)9-19-7-6-13-10-20-16-5-3-2-4-15(13)16/h2-5,9-11,14,20H,6-7H2,1H3/t14-/m0/s1. The molecule has 0 aliphatic heterocycles. The van der Waals surface area contributed by atoms with Crippen LogP contribution in [0.5, 0.6) is 0 Å². The van der Waals surface area contributed by atoms with E-state index in [0.717, 1.165) is 22.6 Å². The first-order valence-electron chi connectivity index (χ1n) is 7.14. The fourth-order valence-corrected chi connectivity index (χ4v) is 3.17. The number of nitrogens with zero attached hydrogens (tertiary/aromatic N) is 3. The molecule has 110 valence electrons. The normalized spacial score (nSPS) is 12.7. The van der Waals surface area contributed by atoms with Crippen LogP contribution in [0.1, 0.15) is 22.2 Å². The van der Waals surface area contributed by atoms with Crippen molar-refractivity contribution in [2.45, 2.75) is 19.3 Å². The molecule has 22 heavy (non-hydrogen) atoms. The van der Waals surface area contributed by atoms with Crippen molar-refractivity contribution < 1.29 is 0 Å². The van der Waals surface area contributed by atoms with E-state index in [1.54, 1.807) is 6.21 Å². The largest absolute Gasteiger partial charge is 0.361 e. The number of H-pyrrole nitrogens is 1. The van der Waals surface area contributed by atoms with E-state index in [4.69, 9.17) is 0 Å². The number of aromatic amines is 1. The van der Waals surface area contributed by atoms with Crippen molar-refractivity contribution in [3.05, 3.63) is 52.1 Å². The monoisotopic (exact) mass is 308 g/mol. The molecule has 3 rings (SSSR count). The number of aromatic nitrogens is 2. The Morgan fingerprint density at radius 3 is 3.09 bits per heavy atom. The number of fused-ring (bicyclic) bond motifs is 1. The summed E-state index contributed by atoms with van der Waals surface area (Å²) in [5.74, 6) is -0.346. The molecule has 0 spiro atoms. The topological polar surface area (TPSA) is 64.8 Å². The highest BCUT2D eigenvalue weighted by atomic mass is 32.1. The van der Waals surface area contributed by atoms with Gasteiger partial charge in [-0.15, -0.1) is 11.3 Å². The summed E-state index contributed by atoms with van der Waals surface area (Å²) in [6.45, 7) is 2.60. The number of aliphatic imine (C=N–C) groups is 1. The van der Waals surface area contributed by atoms with Crippen LogP contribution < -0.4 is 0 Å². The summed E-state index contributed by atoms with van der Waals surface area (Å²) in [5.41, 5.74) is 3.36. The molecule has 0 saturated carbocycles. The second kappa shape index (κ2) is 6.54. The molecule has 0 amide bonds. The van der Waals surface area contributed by atoms with Crippen molar-refractivity contribution in [3.8, 4) is 6.07 Å². The van der Waals surface area contributed by atoms with Crippen molar-refractivity contribution in [2.24, 2.45) is 4.99 Å². The molecule has 0 aliphatic carbocycles. The Hall–Kier alpha value is -2.45. The number of benzene rings is 1. The van der Waals surface area contributed by atoms with Gasteiger partial charge in [-0.1, -0.05) is 18.2 Å². The number of nitrogens with one attached hydrogen (secondary N) is 1. The van der Waals surface area contributed by atoms with Gasteiger partial charge in [-0.25, -0.2) is 4.98 Å². The van der Waals surface area contributed by atoms with Crippen LogP contribution in [0, 0.1) is 18.3 Å². The molecule has 0 saturated heterocycles. The summed E-state index contributed by atoms with van der Waals surface area (Å²) >= 11 is 1.51. The van der Waals surface area contributed by atoms with E-state index < -0.39 is 0 Å². The van der Waals surface area contributed by atoms with Crippen molar-refractivity contribution in [1.29, 1.82) is 5.26 Å². The fraction of sp³-hybridized carbons (Fsp3) is 0.235. The summed E-state index contributed by atoms with van der Waals surface area (Å²) < 4.78 is 0. The summed E-state index contributed by atoms with van der Waals surface area (Å²) in [5, 5.41) is 13.2. The van der Waals surface area contributed by atoms with Crippen LogP contribution in [0.4, 0.5) is 0 Å². The summed E-state index contributed by atoms with van der Waals surface area (Å²) in [6, 6.07) is 10.5. The molecular weight excluding hydrogens is 292 g/mol. The third kappa shape index (κ3) is 3.07. The Balaban J connectivity index is 1.63. The van der Waals surface area contributed by atoms with Crippen LogP contribution in [0.25, 0.3) is 10.9 Å². The van der Waals surface area contributed by atoms with Gasteiger partial charge in [0.1, 0.15) is 10.9 Å². The number of hydrogen-bond donors (Lipinski definition) is 1. The van der Waals surface area contributed by atoms with E-state index in [1.807, 2.05) is 30.6 Å². The van der Waals surface area contributed by atoms with Crippen LogP contribution in [0.3, 0.4) is 0 Å². The average molecular weight is 308 g/mol. The highest BCUT2D eigenvalue weighted by Gasteiger charge is 2.11. The molecule has 0 radical (unpaired) electrons. The van der Waals surface area contributed by atoms with Crippen LogP contribution in [0.15, 0.2) is 40.8 Å². The van der Waals surface area contributed by atoms with Gasteiger partial charge in [0, 0.05) is 40.9 Å². The Morgan fingerprint density at radius 1 is 1.45 bits per heavy atom. The number of aryl methyl sites for hydroxylation is 1. The Morgan fingerprint density at radius 2 is 2.32 bits per heavy atom. The lowest BCUT2D eigenvalue weighted by molar-refractivity contribution is 0.967. The summed E-state index contributed by atoms with van der Waals surface area (Å²) in [6.07, 6.45) is 4.61. The Labute approximate surface area is 133 Å². The van der Waals surface area contributed by atoms with Crippen LogP contribution in [-0.4, -0.2) is 22.7 Å². The first-order chi connectivity index (χ1) is 10.8. The van der Waals surface area contributed by atoms with Gasteiger partial charge in [0.15, 0.2) is 0 Å². The molecule has 5 heteroatoms. The average Bonchev–Trinajstić information content (AvgIpc) is 3.14. The highest BCUT2D eigenvalue weighted by Crippen LogP contribution is 2.19. The molecule has 0 aliphatic rings. The minimum atomic E-state index is -0.346. The van der Waals surface area contributed by atoms with Crippen molar-refractivity contribution in [3.63, 3.8) is 0 Å². The van der Waals surface area contributed by atoms with Gasteiger partial charge in [-0.2, -0.15) is 5.26 Å². The van der Waals surface area contributed by atoms with Gasteiger partial charge in [-0.3, -0.25) is 4.99 Å². The molecule has 0 unspecified atom stereocenters. The maximum absolute atomic E-state index is 9.23. The van der Waals surface area contributed by atoms with E-state index in [2.05, 4.69) is 33.2 Å². The SMILES string of the molecule is Cc1csc([C@@H](C#N)C=NCCc2c[nH]c3ccccc23)n1. The fourth-order valence-electron chi connectivity index (χ4n) is 2.37. The van der Waals surface area contributed by atoms with Crippen molar-refractivity contribution >= 4 is 28.5 Å². The molecule has 2 heterocycles. The number of rotatable bonds is 5. The quantitative estimate of drug-likeness (QED) is 0.727. The van der Waals surface area contributed by atoms with Crippen LogP contribution >= 0.6 is 11.3 Å². The molecule has 0 bridgehead atoms. The molecule has 0 fully saturated rings. The zero-order chi connectivity index (χ0) is 15.4. The van der Waals surface area contributed by atoms with Crippen molar-refractivity contribution in [1.82, 2.24) is 9.97 Å². The zero-order valence-corrected chi connectivity index (χ0v) is 13.1. The number of nitriles is 1. The molecule has 1 atom stereocenters. The lowest BCUT2D eigenvalue weighted by Crippen LogP contribution is -1.98. The van der Waals surface area contributed by atoms with Crippen molar-refractivity contribution in [2.75, 3.05) is 6.54 Å². The molecule has 1 N–H and O–H groups in total. The van der Waals surface area contributed by atoms with Gasteiger partial charge >= 0.3 is 0 Å². The van der Waals surface area contributed by atoms with Gasteiger partial charge in [0.2, 0.25) is 0 Å². The van der Waals surface area contributed by atoms with Gasteiger partial charge in [0.05, 0.1) is 6.07 Å². The second-order valence-corrected chi connectivity index (χ2v) is 5.99. The molecular formula is C17H16N4S. The molecule has 4 nitrogen and oxygen atoms in total. The molecule has 3 aromatic rings. The highest BCUT2D eigenvalue weighted by molar-refractivity contribution is 7.09. The van der Waals surface area contributed by atoms with E-state index in [9.17, 15) is 5.26 Å². The Kier molecular flexibility index (Phi) is 4.31. The summed E-state index contributed by atoms with van der Waals surface area (Å²) in [4.78, 5) is 12.0. The lowest BCUT2D eigenvalue weighted by atomic mass is 10.1. The van der Waals surface area contributed by atoms with E-state index in [1.165, 1.54) is 22.3 Å². The van der Waals surface area contributed by atoms with Gasteiger partial charge in [-0.05, 0) is 25.0 Å². The van der Waals surface area contributed by atoms with Gasteiger partial charge < -0.3 is 4.98 Å². The van der Waals surface area contributed by atoms with E-state index in [-0.39, 0.29) is 5.92 Å². The van der Waals surface area contributed by atoms with E-state index >= 15 is 0 Å². The predicted molar refractivity (Wildman–Crippen MR) is 90.6 cm³/mol. The third-order valence-electron chi connectivity index (χ3n) is 3.48. The maximum atomic E-state index is 9.23. The first kappa shape index (κ1) is 14.5. The molecule has 1 aromatic carbocycles. The zero-order valence-electron chi connectivity index (χ0n) is 12.3. The smallest absolute Gasteiger partial charge is 0.133 e. The second-order valence-electron chi connectivity index (χ2n) is 5.10. The lowest BCUT2D eigenvalue weighted by Gasteiger charge is -1.98. The minimum absolute atomic E-state index is 0.346. The minimum Gasteiger partial charge on any atom is -0.361 e. The van der Waals surface area contributed by atoms with Crippen LogP contribution in [0.2, 0.25) is 0 Å². The predicted octanol–water partition coefficient (Wildman–Crippen LogP) is 3.85. The number of hydrogen-bond acceptors (Lipinski definition) is 4. The van der Waals surface area contributed by atoms with Gasteiger partial charge in [0.25, 0.3) is 0 Å². The first-order valence-corrected chi connectivity index (χ1v) is 8.02. The van der Waals surface area contributed by atoms with E-state index in [0.29, 0.717) is 6.54 Å². The summed E-state index contributed by atoms with van der Waals surface area (Å²) in [7, 11) is 0. The maximum Gasteiger partial charge on any atom is 0.133 e. The number of para-hydroxylation sites is 1. The third-order valence-corrected chi connectivity index (χ3v) is 4.53. The Bertz CT molecular complexity index is 838. The number of thiazole rings is 1. The van der Waals surface area contributed by atoms with Crippen LogP contribution in [-0.2, 0) is 6.42 Å².